The zero-order chi connectivity index (χ0) is 23.3. The Balaban J connectivity index is 1.42. The number of carbonyl (C=O) groups is 1. The highest BCUT2D eigenvalue weighted by Gasteiger charge is 2.38. The van der Waals surface area contributed by atoms with E-state index in [1.807, 2.05) is 0 Å². The van der Waals surface area contributed by atoms with Gasteiger partial charge in [-0.15, -0.1) is 5.10 Å². The Hall–Kier alpha value is -3.18. The Bertz CT molecular complexity index is 1360. The van der Waals surface area contributed by atoms with E-state index >= 15 is 0 Å². The van der Waals surface area contributed by atoms with Gasteiger partial charge < -0.3 is 0 Å². The molecule has 1 aromatic carbocycles. The lowest BCUT2D eigenvalue weighted by molar-refractivity contribution is -0.142. The molecule has 13 heteroatoms. The van der Waals surface area contributed by atoms with E-state index in [-0.39, 0.29) is 29.6 Å². The molecule has 8 nitrogen and oxygen atoms in total. The van der Waals surface area contributed by atoms with Gasteiger partial charge in [0.1, 0.15) is 17.6 Å². The van der Waals surface area contributed by atoms with Gasteiger partial charge in [-0.2, -0.15) is 18.3 Å². The Morgan fingerprint density at radius 3 is 2.61 bits per heavy atom. The Morgan fingerprint density at radius 2 is 1.94 bits per heavy atom. The summed E-state index contributed by atoms with van der Waals surface area (Å²) in [6.45, 7) is 0.208. The normalized spacial score (nSPS) is 14.1. The summed E-state index contributed by atoms with van der Waals surface area (Å²) in [6, 6.07) is 6.07. The van der Waals surface area contributed by atoms with Crippen molar-refractivity contribution in [3.63, 3.8) is 0 Å². The van der Waals surface area contributed by atoms with Crippen LogP contribution >= 0.6 is 23.2 Å². The molecule has 1 aliphatic carbocycles. The molecule has 1 amide bonds. The molecule has 33 heavy (non-hydrogen) atoms. The lowest BCUT2D eigenvalue weighted by Gasteiger charge is -2.11. The minimum Gasteiger partial charge on any atom is -0.289 e. The van der Waals surface area contributed by atoms with Crippen LogP contribution in [0.15, 0.2) is 36.8 Å². The van der Waals surface area contributed by atoms with Gasteiger partial charge in [0, 0.05) is 27.2 Å². The number of aromatic nitrogens is 6. The fourth-order valence-corrected chi connectivity index (χ4v) is 3.89. The van der Waals surface area contributed by atoms with Crippen molar-refractivity contribution in [2.45, 2.75) is 31.5 Å². The molecule has 0 aliphatic heterocycles. The summed E-state index contributed by atoms with van der Waals surface area (Å²) in [5.41, 5.74) is -0.349. The van der Waals surface area contributed by atoms with Crippen molar-refractivity contribution in [3.8, 4) is 0 Å². The molecular weight excluding hydrogens is 482 g/mol. The summed E-state index contributed by atoms with van der Waals surface area (Å²) < 4.78 is 42.7. The lowest BCUT2D eigenvalue weighted by Crippen LogP contribution is -2.17. The first kappa shape index (κ1) is 21.7. The van der Waals surface area contributed by atoms with Crippen LogP contribution in [0.1, 0.15) is 46.1 Å². The fraction of sp³-hybridized carbons (Fsp3) is 0.250. The highest BCUT2D eigenvalue weighted by atomic mass is 35.5. The average Bonchev–Trinajstić information content (AvgIpc) is 3.37. The maximum atomic E-state index is 13.5. The number of anilines is 1. The maximum absolute atomic E-state index is 13.5. The minimum absolute atomic E-state index is 0.0445. The Kier molecular flexibility index (Phi) is 5.25. The van der Waals surface area contributed by atoms with Crippen LogP contribution in [-0.4, -0.2) is 35.3 Å². The van der Waals surface area contributed by atoms with Crippen molar-refractivity contribution in [3.05, 3.63) is 69.3 Å². The van der Waals surface area contributed by atoms with Crippen LogP contribution in [0.2, 0.25) is 10.0 Å². The molecule has 3 heterocycles. The summed E-state index contributed by atoms with van der Waals surface area (Å²) >= 11 is 12.3. The Morgan fingerprint density at radius 1 is 1.21 bits per heavy atom. The van der Waals surface area contributed by atoms with Crippen LogP contribution < -0.4 is 5.32 Å². The van der Waals surface area contributed by atoms with Gasteiger partial charge in [0.2, 0.25) is 5.95 Å². The van der Waals surface area contributed by atoms with E-state index in [0.717, 1.165) is 25.1 Å². The number of fused-ring (bicyclic) bond motifs is 1. The average molecular weight is 496 g/mol. The molecular formula is C20H14Cl2F3N7O. The van der Waals surface area contributed by atoms with Crippen LogP contribution in [0.5, 0.6) is 0 Å². The first-order valence-electron chi connectivity index (χ1n) is 9.80. The van der Waals surface area contributed by atoms with Crippen LogP contribution in [-0.2, 0) is 12.7 Å². The standard InChI is InChI=1S/C20H14Cl2F3N7O/c21-13-2-1-3-14(22)12(13)8-31-9-26-19(30-31)29-18(33)11-7-27-32-16(20(23,24)25)6-15(10-4-5-10)28-17(11)32/h1-3,6-7,9-10H,4-5,8H2,(H,29,30,33). The van der Waals surface area contributed by atoms with E-state index in [1.165, 1.54) is 11.0 Å². The third-order valence-electron chi connectivity index (χ3n) is 5.17. The molecule has 0 radical (unpaired) electrons. The quantitative estimate of drug-likeness (QED) is 0.428. The molecule has 1 N–H and O–H groups in total. The Labute approximate surface area is 194 Å². The number of hydrogen-bond donors (Lipinski definition) is 1. The van der Waals surface area contributed by atoms with Gasteiger partial charge in [-0.1, -0.05) is 29.3 Å². The van der Waals surface area contributed by atoms with Crippen LogP contribution in [0.4, 0.5) is 19.1 Å². The van der Waals surface area contributed by atoms with Crippen molar-refractivity contribution >= 4 is 40.7 Å². The lowest BCUT2D eigenvalue weighted by atomic mass is 10.2. The number of carbonyl (C=O) groups excluding carboxylic acids is 1. The number of nitrogens with zero attached hydrogens (tertiary/aromatic N) is 6. The molecule has 4 aromatic rings. The monoisotopic (exact) mass is 495 g/mol. The van der Waals surface area contributed by atoms with Gasteiger partial charge in [-0.05, 0) is 31.0 Å². The molecule has 1 aliphatic rings. The molecule has 5 rings (SSSR count). The van der Waals surface area contributed by atoms with Gasteiger partial charge in [-0.25, -0.2) is 19.2 Å². The highest BCUT2D eigenvalue weighted by Crippen LogP contribution is 2.41. The second-order valence-corrected chi connectivity index (χ2v) is 8.37. The van der Waals surface area contributed by atoms with Crippen molar-refractivity contribution in [1.29, 1.82) is 0 Å². The number of alkyl halides is 3. The van der Waals surface area contributed by atoms with Gasteiger partial charge >= 0.3 is 6.18 Å². The summed E-state index contributed by atoms with van der Waals surface area (Å²) in [7, 11) is 0. The van der Waals surface area contributed by atoms with Gasteiger partial charge in [-0.3, -0.25) is 10.1 Å². The molecule has 0 unspecified atom stereocenters. The van der Waals surface area contributed by atoms with Crippen molar-refractivity contribution in [1.82, 2.24) is 29.4 Å². The fourth-order valence-electron chi connectivity index (χ4n) is 3.37. The smallest absolute Gasteiger partial charge is 0.289 e. The number of halogens is 5. The first-order chi connectivity index (χ1) is 15.7. The zero-order valence-corrected chi connectivity index (χ0v) is 18.2. The van der Waals surface area contributed by atoms with Crippen LogP contribution in [0.25, 0.3) is 5.65 Å². The summed E-state index contributed by atoms with van der Waals surface area (Å²) in [5.74, 6) is -0.820. The van der Waals surface area contributed by atoms with E-state index in [2.05, 4.69) is 25.5 Å². The third-order valence-corrected chi connectivity index (χ3v) is 5.87. The van der Waals surface area contributed by atoms with E-state index in [1.54, 1.807) is 18.2 Å². The van der Waals surface area contributed by atoms with Crippen LogP contribution in [0, 0.1) is 0 Å². The van der Waals surface area contributed by atoms with Crippen LogP contribution in [0.3, 0.4) is 0 Å². The number of amides is 1. The predicted octanol–water partition coefficient (Wildman–Crippen LogP) is 4.82. The van der Waals surface area contributed by atoms with E-state index in [0.29, 0.717) is 25.8 Å². The maximum Gasteiger partial charge on any atom is 0.433 e. The van der Waals surface area contributed by atoms with Crippen molar-refractivity contribution in [2.75, 3.05) is 5.32 Å². The molecule has 1 fully saturated rings. The molecule has 0 saturated heterocycles. The topological polar surface area (TPSA) is 90.0 Å². The van der Waals surface area contributed by atoms with Crippen molar-refractivity contribution < 1.29 is 18.0 Å². The van der Waals surface area contributed by atoms with Crippen molar-refractivity contribution in [2.24, 2.45) is 0 Å². The molecule has 0 atom stereocenters. The number of benzene rings is 1. The van der Waals surface area contributed by atoms with E-state index in [4.69, 9.17) is 23.2 Å². The molecule has 170 valence electrons. The SMILES string of the molecule is O=C(Nc1ncn(Cc2c(Cl)cccc2Cl)n1)c1cnn2c(C(F)(F)F)cc(C3CC3)nc12. The van der Waals surface area contributed by atoms with Gasteiger partial charge in [0.05, 0.1) is 12.7 Å². The van der Waals surface area contributed by atoms with E-state index in [9.17, 15) is 18.0 Å². The summed E-state index contributed by atoms with van der Waals surface area (Å²) in [5, 5.41) is 11.3. The molecule has 0 bridgehead atoms. The molecule has 1 saturated carbocycles. The largest absolute Gasteiger partial charge is 0.433 e. The third kappa shape index (κ3) is 4.25. The number of nitrogens with one attached hydrogen (secondary N) is 1. The highest BCUT2D eigenvalue weighted by molar-refractivity contribution is 6.35. The second-order valence-electron chi connectivity index (χ2n) is 7.55. The first-order valence-corrected chi connectivity index (χ1v) is 10.6. The van der Waals surface area contributed by atoms with E-state index < -0.39 is 17.8 Å². The van der Waals surface area contributed by atoms with Gasteiger partial charge in [0.15, 0.2) is 5.65 Å². The number of hydrogen-bond acceptors (Lipinski definition) is 5. The zero-order valence-electron chi connectivity index (χ0n) is 16.6. The van der Waals surface area contributed by atoms with Gasteiger partial charge in [0.25, 0.3) is 5.91 Å². The summed E-state index contributed by atoms with van der Waals surface area (Å²) in [4.78, 5) is 21.1. The molecule has 3 aromatic heterocycles. The second kappa shape index (κ2) is 7.99. The predicted molar refractivity (Wildman–Crippen MR) is 114 cm³/mol. The number of rotatable bonds is 5. The minimum atomic E-state index is -4.65. The summed E-state index contributed by atoms with van der Waals surface area (Å²) in [6.07, 6.45) is -0.717. The molecule has 0 spiro atoms.